The van der Waals surface area contributed by atoms with Gasteiger partial charge >= 0.3 is 0 Å². The van der Waals surface area contributed by atoms with Crippen molar-refractivity contribution < 1.29 is 9.16 Å². The zero-order chi connectivity index (χ0) is 15.2. The van der Waals surface area contributed by atoms with Gasteiger partial charge in [0.1, 0.15) is 5.75 Å². The minimum absolute atomic E-state index is 0.411. The first-order valence-corrected chi connectivity index (χ1v) is 11.1. The number of ether oxygens (including phenoxy) is 1. The molecule has 0 amide bonds. The van der Waals surface area contributed by atoms with E-state index in [0.29, 0.717) is 6.79 Å². The van der Waals surface area contributed by atoms with Gasteiger partial charge in [0.05, 0.1) is 0 Å². The van der Waals surface area contributed by atoms with Crippen molar-refractivity contribution in [3.05, 3.63) is 30.3 Å². The summed E-state index contributed by atoms with van der Waals surface area (Å²) in [5.41, 5.74) is 0. The normalized spacial score (nSPS) is 12.3. The molecule has 0 saturated carbocycles. The van der Waals surface area contributed by atoms with Gasteiger partial charge < -0.3 is 9.16 Å². The van der Waals surface area contributed by atoms with Crippen LogP contribution in [0.15, 0.2) is 30.3 Å². The quantitative estimate of drug-likeness (QED) is 0.271. The Morgan fingerprint density at radius 2 is 1.48 bits per heavy atom. The molecule has 21 heavy (non-hydrogen) atoms. The van der Waals surface area contributed by atoms with Crippen molar-refractivity contribution in [3.63, 3.8) is 0 Å². The molecule has 0 spiro atoms. The summed E-state index contributed by atoms with van der Waals surface area (Å²) in [6, 6.07) is 11.2. The van der Waals surface area contributed by atoms with Gasteiger partial charge in [-0.25, -0.2) is 0 Å². The van der Waals surface area contributed by atoms with E-state index in [0.717, 1.165) is 5.75 Å². The largest absolute Gasteiger partial charge is 0.469 e. The molecule has 1 aromatic carbocycles. The van der Waals surface area contributed by atoms with Gasteiger partial charge in [-0.3, -0.25) is 0 Å². The predicted octanol–water partition coefficient (Wildman–Crippen LogP) is 5.53. The highest BCUT2D eigenvalue weighted by Crippen LogP contribution is 2.12. The molecule has 0 radical (unpaired) electrons. The maximum absolute atomic E-state index is 5.82. The first-order valence-electron chi connectivity index (χ1n) is 8.62. The molecular formula is C18H32O2Si. The summed E-state index contributed by atoms with van der Waals surface area (Å²) in [6.45, 7) is 4.96. The predicted molar refractivity (Wildman–Crippen MR) is 93.5 cm³/mol. The lowest BCUT2D eigenvalue weighted by Crippen LogP contribution is -2.16. The van der Waals surface area contributed by atoms with E-state index in [1.54, 1.807) is 0 Å². The molecule has 1 aromatic rings. The maximum Gasteiger partial charge on any atom is 0.179 e. The maximum atomic E-state index is 5.82. The van der Waals surface area contributed by atoms with E-state index in [9.17, 15) is 0 Å². The molecule has 1 rings (SSSR count). The summed E-state index contributed by atoms with van der Waals surface area (Å²) >= 11 is 0. The molecule has 3 heteroatoms. The Kier molecular flexibility index (Phi) is 11.2. The molecule has 0 aliphatic rings. The van der Waals surface area contributed by atoms with E-state index < -0.39 is 9.04 Å². The van der Waals surface area contributed by atoms with Crippen LogP contribution in [0, 0.1) is 0 Å². The minimum atomic E-state index is -1.04. The highest BCUT2D eigenvalue weighted by molar-refractivity contribution is 6.50. The second-order valence-electron chi connectivity index (χ2n) is 5.82. The topological polar surface area (TPSA) is 18.5 Å². The molecule has 1 unspecified atom stereocenters. The first-order chi connectivity index (χ1) is 10.3. The molecule has 1 atom stereocenters. The third kappa shape index (κ3) is 10.6. The highest BCUT2D eigenvalue weighted by Gasteiger charge is 2.04. The zero-order valence-corrected chi connectivity index (χ0v) is 15.0. The van der Waals surface area contributed by atoms with Crippen LogP contribution < -0.4 is 4.74 Å². The molecule has 0 N–H and O–H groups in total. The Morgan fingerprint density at radius 1 is 0.857 bits per heavy atom. The van der Waals surface area contributed by atoms with Crippen LogP contribution in [0.4, 0.5) is 0 Å². The fourth-order valence-electron chi connectivity index (χ4n) is 2.38. The number of para-hydroxylation sites is 1. The van der Waals surface area contributed by atoms with Crippen LogP contribution in [0.5, 0.6) is 5.75 Å². The summed E-state index contributed by atoms with van der Waals surface area (Å²) in [7, 11) is -1.04. The first kappa shape index (κ1) is 18.2. The summed E-state index contributed by atoms with van der Waals surface area (Å²) < 4.78 is 11.4. The summed E-state index contributed by atoms with van der Waals surface area (Å²) in [6.07, 6.45) is 11.1. The lowest BCUT2D eigenvalue weighted by Gasteiger charge is -2.12. The number of benzene rings is 1. The van der Waals surface area contributed by atoms with Gasteiger partial charge in [-0.05, 0) is 24.7 Å². The molecule has 0 aromatic heterocycles. The lowest BCUT2D eigenvalue weighted by molar-refractivity contribution is 0.118. The number of hydrogen-bond donors (Lipinski definition) is 0. The molecule has 0 heterocycles. The molecule has 2 nitrogen and oxygen atoms in total. The van der Waals surface area contributed by atoms with Gasteiger partial charge in [0.25, 0.3) is 0 Å². The second kappa shape index (κ2) is 12.9. The standard InChI is InChI=1S/C18H32O2Si/c1-3-4-5-6-7-8-9-13-16-21(2)20-17-19-18-14-11-10-12-15-18/h10-12,14-15,21H,3-9,13,16-17H2,1-2H3. The monoisotopic (exact) mass is 308 g/mol. The molecule has 0 aliphatic heterocycles. The molecule has 120 valence electrons. The molecule has 0 bridgehead atoms. The van der Waals surface area contributed by atoms with Crippen LogP contribution in [-0.2, 0) is 4.43 Å². The van der Waals surface area contributed by atoms with Gasteiger partial charge in [-0.1, -0.05) is 76.5 Å². The number of rotatable bonds is 13. The Bertz CT molecular complexity index is 329. The second-order valence-corrected chi connectivity index (χ2v) is 8.35. The van der Waals surface area contributed by atoms with E-state index >= 15 is 0 Å². The fourth-order valence-corrected chi connectivity index (χ4v) is 3.71. The van der Waals surface area contributed by atoms with Crippen molar-refractivity contribution in [2.24, 2.45) is 0 Å². The Balaban J connectivity index is 1.88. The van der Waals surface area contributed by atoms with Crippen molar-refractivity contribution in [1.29, 1.82) is 0 Å². The van der Waals surface area contributed by atoms with Crippen molar-refractivity contribution >= 4 is 9.04 Å². The van der Waals surface area contributed by atoms with Crippen LogP contribution >= 0.6 is 0 Å². The van der Waals surface area contributed by atoms with Crippen LogP contribution in [-0.4, -0.2) is 15.8 Å². The number of hydrogen-bond acceptors (Lipinski definition) is 2. The lowest BCUT2D eigenvalue weighted by atomic mass is 10.1. The van der Waals surface area contributed by atoms with Crippen LogP contribution in [0.1, 0.15) is 58.3 Å². The average Bonchev–Trinajstić information content (AvgIpc) is 2.51. The van der Waals surface area contributed by atoms with Crippen LogP contribution in [0.2, 0.25) is 12.6 Å². The van der Waals surface area contributed by atoms with E-state index in [1.807, 2.05) is 30.3 Å². The molecule has 0 saturated heterocycles. The van der Waals surface area contributed by atoms with Crippen molar-refractivity contribution in [2.75, 3.05) is 6.79 Å². The highest BCUT2D eigenvalue weighted by atomic mass is 28.3. The van der Waals surface area contributed by atoms with E-state index in [2.05, 4.69) is 13.5 Å². The van der Waals surface area contributed by atoms with Crippen molar-refractivity contribution in [1.82, 2.24) is 0 Å². The van der Waals surface area contributed by atoms with E-state index in [1.165, 1.54) is 57.4 Å². The van der Waals surface area contributed by atoms with E-state index in [-0.39, 0.29) is 0 Å². The zero-order valence-electron chi connectivity index (χ0n) is 13.9. The number of unbranched alkanes of at least 4 members (excludes halogenated alkanes) is 7. The molecule has 0 aliphatic carbocycles. The SMILES string of the molecule is CCCCCCCCCC[SiH](C)OCOc1ccccc1. The Hall–Kier alpha value is -0.803. The van der Waals surface area contributed by atoms with Gasteiger partial charge in [0.2, 0.25) is 0 Å². The van der Waals surface area contributed by atoms with Crippen LogP contribution in [0.3, 0.4) is 0 Å². The average molecular weight is 309 g/mol. The smallest absolute Gasteiger partial charge is 0.179 e. The molecule has 0 fully saturated rings. The van der Waals surface area contributed by atoms with E-state index in [4.69, 9.17) is 9.16 Å². The summed E-state index contributed by atoms with van der Waals surface area (Å²) in [5.74, 6) is 0.894. The summed E-state index contributed by atoms with van der Waals surface area (Å²) in [4.78, 5) is 0. The van der Waals surface area contributed by atoms with Gasteiger partial charge in [0.15, 0.2) is 15.8 Å². The molecular weight excluding hydrogens is 276 g/mol. The minimum Gasteiger partial charge on any atom is -0.469 e. The van der Waals surface area contributed by atoms with Gasteiger partial charge in [0, 0.05) is 0 Å². The van der Waals surface area contributed by atoms with Crippen molar-refractivity contribution in [2.45, 2.75) is 70.9 Å². The fraction of sp³-hybridized carbons (Fsp3) is 0.667. The summed E-state index contributed by atoms with van der Waals surface area (Å²) in [5, 5.41) is 0. The van der Waals surface area contributed by atoms with Crippen LogP contribution in [0.25, 0.3) is 0 Å². The Labute approximate surface area is 132 Å². The Morgan fingerprint density at radius 3 is 2.14 bits per heavy atom. The van der Waals surface area contributed by atoms with Gasteiger partial charge in [-0.2, -0.15) is 0 Å². The third-order valence-electron chi connectivity index (χ3n) is 3.79. The van der Waals surface area contributed by atoms with Crippen molar-refractivity contribution in [3.8, 4) is 5.75 Å². The van der Waals surface area contributed by atoms with Gasteiger partial charge in [-0.15, -0.1) is 0 Å². The third-order valence-corrected chi connectivity index (χ3v) is 5.71.